The molecular formula is C17H16F2N2O4. The summed E-state index contributed by atoms with van der Waals surface area (Å²) in [4.78, 5) is 15.9. The van der Waals surface area contributed by atoms with E-state index >= 15 is 0 Å². The fourth-order valence-electron chi connectivity index (χ4n) is 1.96. The number of para-hydroxylation sites is 1. The van der Waals surface area contributed by atoms with Crippen LogP contribution in [-0.2, 0) is 4.79 Å². The molecule has 0 fully saturated rings. The second-order valence-electron chi connectivity index (χ2n) is 4.67. The van der Waals surface area contributed by atoms with Gasteiger partial charge in [-0.05, 0) is 18.2 Å². The number of pyridine rings is 1. The number of nitrogens with one attached hydrogen (secondary N) is 1. The van der Waals surface area contributed by atoms with Crippen molar-refractivity contribution in [3.05, 3.63) is 48.2 Å². The second kappa shape index (κ2) is 8.62. The number of hydrogen-bond acceptors (Lipinski definition) is 5. The van der Waals surface area contributed by atoms with Gasteiger partial charge in [0.1, 0.15) is 0 Å². The van der Waals surface area contributed by atoms with Crippen molar-refractivity contribution in [2.45, 2.75) is 6.61 Å². The SMILES string of the molecule is COc1ccc(NC(=O)/C=C/c2cccc(OC)c2OC(F)F)cn1. The molecular weight excluding hydrogens is 334 g/mol. The summed E-state index contributed by atoms with van der Waals surface area (Å²) in [6.45, 7) is -3.01. The summed E-state index contributed by atoms with van der Waals surface area (Å²) < 4.78 is 39.5. The molecule has 0 saturated carbocycles. The van der Waals surface area contributed by atoms with Gasteiger partial charge in [-0.2, -0.15) is 8.78 Å². The Morgan fingerprint density at radius 3 is 2.60 bits per heavy atom. The Morgan fingerprint density at radius 2 is 2.00 bits per heavy atom. The average Bonchev–Trinajstić information content (AvgIpc) is 2.61. The van der Waals surface area contributed by atoms with Crippen molar-refractivity contribution in [2.24, 2.45) is 0 Å². The smallest absolute Gasteiger partial charge is 0.387 e. The Hall–Kier alpha value is -3.16. The monoisotopic (exact) mass is 350 g/mol. The number of hydrogen-bond donors (Lipinski definition) is 1. The quantitative estimate of drug-likeness (QED) is 0.776. The van der Waals surface area contributed by atoms with Crippen molar-refractivity contribution in [2.75, 3.05) is 19.5 Å². The van der Waals surface area contributed by atoms with Gasteiger partial charge in [0, 0.05) is 17.7 Å². The first kappa shape index (κ1) is 18.2. The van der Waals surface area contributed by atoms with E-state index in [1.165, 1.54) is 44.7 Å². The number of halogens is 2. The molecule has 1 aromatic carbocycles. The molecule has 1 amide bonds. The molecule has 0 bridgehead atoms. The van der Waals surface area contributed by atoms with Crippen LogP contribution in [0.15, 0.2) is 42.6 Å². The first-order chi connectivity index (χ1) is 12.0. The summed E-state index contributed by atoms with van der Waals surface area (Å²) in [6, 6.07) is 7.82. The topological polar surface area (TPSA) is 69.7 Å². The van der Waals surface area contributed by atoms with Crippen LogP contribution in [0, 0.1) is 0 Å². The molecule has 1 aromatic heterocycles. The van der Waals surface area contributed by atoms with Crippen molar-refractivity contribution < 1.29 is 27.8 Å². The standard InChI is InChI=1S/C17H16F2N2O4/c1-23-13-5-3-4-11(16(13)25-17(18)19)6-8-14(22)21-12-7-9-15(24-2)20-10-12/h3-10,17H,1-2H3,(H,21,22)/b8-6+. The van der Waals surface area contributed by atoms with Gasteiger partial charge in [-0.1, -0.05) is 12.1 Å². The number of anilines is 1. The first-order valence-corrected chi connectivity index (χ1v) is 7.14. The molecule has 2 aromatic rings. The Kier molecular flexibility index (Phi) is 6.27. The van der Waals surface area contributed by atoms with Crippen LogP contribution >= 0.6 is 0 Å². The molecule has 0 aliphatic rings. The van der Waals surface area contributed by atoms with Crippen molar-refractivity contribution in [1.29, 1.82) is 0 Å². The minimum atomic E-state index is -3.01. The van der Waals surface area contributed by atoms with E-state index in [9.17, 15) is 13.6 Å². The lowest BCUT2D eigenvalue weighted by molar-refractivity contribution is -0.111. The Balaban J connectivity index is 2.13. The van der Waals surface area contributed by atoms with Crippen LogP contribution in [0.3, 0.4) is 0 Å². The first-order valence-electron chi connectivity index (χ1n) is 7.14. The van der Waals surface area contributed by atoms with Crippen LogP contribution in [0.1, 0.15) is 5.56 Å². The Labute approximate surface area is 143 Å². The zero-order chi connectivity index (χ0) is 18.2. The molecule has 0 unspecified atom stereocenters. The fourth-order valence-corrected chi connectivity index (χ4v) is 1.96. The minimum Gasteiger partial charge on any atom is -0.493 e. The van der Waals surface area contributed by atoms with Crippen LogP contribution < -0.4 is 19.5 Å². The largest absolute Gasteiger partial charge is 0.493 e. The third-order valence-corrected chi connectivity index (χ3v) is 3.06. The predicted octanol–water partition coefficient (Wildman–Crippen LogP) is 3.35. The highest BCUT2D eigenvalue weighted by atomic mass is 19.3. The van der Waals surface area contributed by atoms with E-state index in [1.54, 1.807) is 18.2 Å². The molecule has 2 rings (SSSR count). The third-order valence-electron chi connectivity index (χ3n) is 3.06. The van der Waals surface area contributed by atoms with Crippen LogP contribution in [0.25, 0.3) is 6.08 Å². The van der Waals surface area contributed by atoms with Gasteiger partial charge >= 0.3 is 6.61 Å². The van der Waals surface area contributed by atoms with Crippen molar-refractivity contribution in [3.8, 4) is 17.4 Å². The summed E-state index contributed by atoms with van der Waals surface area (Å²) in [5.74, 6) is -0.0473. The lowest BCUT2D eigenvalue weighted by Crippen LogP contribution is -2.08. The number of nitrogens with zero attached hydrogens (tertiary/aromatic N) is 1. The lowest BCUT2D eigenvalue weighted by Gasteiger charge is -2.12. The zero-order valence-corrected chi connectivity index (χ0v) is 13.5. The summed E-state index contributed by atoms with van der Waals surface area (Å²) in [6.07, 6.45) is 3.98. The summed E-state index contributed by atoms with van der Waals surface area (Å²) >= 11 is 0. The number of carbonyl (C=O) groups is 1. The molecule has 132 valence electrons. The zero-order valence-electron chi connectivity index (χ0n) is 13.5. The maximum absolute atomic E-state index is 12.6. The molecule has 6 nitrogen and oxygen atoms in total. The number of benzene rings is 1. The Bertz CT molecular complexity index is 749. The number of ether oxygens (including phenoxy) is 3. The van der Waals surface area contributed by atoms with Gasteiger partial charge in [-0.15, -0.1) is 0 Å². The van der Waals surface area contributed by atoms with Gasteiger partial charge in [0.2, 0.25) is 11.8 Å². The summed E-state index contributed by atoms with van der Waals surface area (Å²) in [5, 5.41) is 2.59. The highest BCUT2D eigenvalue weighted by Crippen LogP contribution is 2.33. The third kappa shape index (κ3) is 5.17. The van der Waals surface area contributed by atoms with Gasteiger partial charge in [-0.25, -0.2) is 4.98 Å². The maximum atomic E-state index is 12.6. The van der Waals surface area contributed by atoms with E-state index in [2.05, 4.69) is 15.0 Å². The summed E-state index contributed by atoms with van der Waals surface area (Å²) in [5.41, 5.74) is 0.743. The molecule has 25 heavy (non-hydrogen) atoms. The van der Waals surface area contributed by atoms with Crippen molar-refractivity contribution in [1.82, 2.24) is 4.98 Å². The maximum Gasteiger partial charge on any atom is 0.387 e. The molecule has 1 heterocycles. The lowest BCUT2D eigenvalue weighted by atomic mass is 10.1. The summed E-state index contributed by atoms with van der Waals surface area (Å²) in [7, 11) is 2.82. The molecule has 1 N–H and O–H groups in total. The van der Waals surface area contributed by atoms with E-state index in [4.69, 9.17) is 9.47 Å². The molecule has 0 saturated heterocycles. The number of rotatable bonds is 7. The van der Waals surface area contributed by atoms with E-state index in [0.717, 1.165) is 0 Å². The number of methoxy groups -OCH3 is 2. The van der Waals surface area contributed by atoms with Crippen LogP contribution in [0.4, 0.5) is 14.5 Å². The van der Waals surface area contributed by atoms with Gasteiger partial charge in [-0.3, -0.25) is 4.79 Å². The van der Waals surface area contributed by atoms with Gasteiger partial charge < -0.3 is 19.5 Å². The molecule has 0 atom stereocenters. The highest BCUT2D eigenvalue weighted by Gasteiger charge is 2.14. The van der Waals surface area contributed by atoms with E-state index < -0.39 is 12.5 Å². The normalized spacial score (nSPS) is 10.8. The highest BCUT2D eigenvalue weighted by molar-refractivity contribution is 6.02. The number of aromatic nitrogens is 1. The molecule has 0 radical (unpaired) electrons. The van der Waals surface area contributed by atoms with Crippen LogP contribution in [-0.4, -0.2) is 31.7 Å². The van der Waals surface area contributed by atoms with Crippen LogP contribution in [0.5, 0.6) is 17.4 Å². The molecule has 0 spiro atoms. The predicted molar refractivity (Wildman–Crippen MR) is 88.1 cm³/mol. The van der Waals surface area contributed by atoms with E-state index in [1.807, 2.05) is 0 Å². The van der Waals surface area contributed by atoms with Crippen molar-refractivity contribution in [3.63, 3.8) is 0 Å². The second-order valence-corrected chi connectivity index (χ2v) is 4.67. The molecule has 8 heteroatoms. The van der Waals surface area contributed by atoms with Crippen LogP contribution in [0.2, 0.25) is 0 Å². The average molecular weight is 350 g/mol. The number of carbonyl (C=O) groups excluding carboxylic acids is 1. The Morgan fingerprint density at radius 1 is 1.20 bits per heavy atom. The van der Waals surface area contributed by atoms with Crippen molar-refractivity contribution >= 4 is 17.7 Å². The van der Waals surface area contributed by atoms with Gasteiger partial charge in [0.25, 0.3) is 0 Å². The van der Waals surface area contributed by atoms with E-state index in [-0.39, 0.29) is 17.1 Å². The molecule has 0 aliphatic heterocycles. The molecule has 0 aliphatic carbocycles. The van der Waals surface area contributed by atoms with Gasteiger partial charge in [0.15, 0.2) is 11.5 Å². The van der Waals surface area contributed by atoms with E-state index in [0.29, 0.717) is 11.6 Å². The number of alkyl halides is 2. The number of amides is 1. The minimum absolute atomic E-state index is 0.141. The van der Waals surface area contributed by atoms with Gasteiger partial charge in [0.05, 0.1) is 26.1 Å². The fraction of sp³-hybridized carbons (Fsp3) is 0.176.